The lowest BCUT2D eigenvalue weighted by atomic mass is 10.1. The van der Waals surface area contributed by atoms with Gasteiger partial charge in [0.2, 0.25) is 0 Å². The van der Waals surface area contributed by atoms with Gasteiger partial charge in [-0.05, 0) is 18.6 Å². The minimum absolute atomic E-state index is 0.0488. The average Bonchev–Trinajstić information content (AvgIpc) is 2.49. The smallest absolute Gasteiger partial charge is 0.329 e. The maximum absolute atomic E-state index is 12.0. The molecule has 0 saturated carbocycles. The molecular weight excluding hydrogens is 290 g/mol. The molecule has 0 aliphatic rings. The third-order valence-corrected chi connectivity index (χ3v) is 3.21. The maximum Gasteiger partial charge on any atom is 0.329 e. The van der Waals surface area contributed by atoms with Crippen molar-refractivity contribution < 1.29 is 9.53 Å². The Hall–Kier alpha value is -2.19. The second kappa shape index (κ2) is 7.00. The van der Waals surface area contributed by atoms with Crippen LogP contribution in [-0.4, -0.2) is 22.5 Å². The number of esters is 1. The van der Waals surface area contributed by atoms with E-state index in [9.17, 15) is 10.1 Å². The van der Waals surface area contributed by atoms with Crippen LogP contribution in [-0.2, 0) is 9.53 Å². The highest BCUT2D eigenvalue weighted by Gasteiger charge is 2.27. The van der Waals surface area contributed by atoms with Crippen molar-refractivity contribution in [1.82, 2.24) is 9.97 Å². The first-order valence-electron chi connectivity index (χ1n) is 6.65. The molecule has 0 aliphatic carbocycles. The van der Waals surface area contributed by atoms with Crippen LogP contribution in [0.15, 0.2) is 24.3 Å². The van der Waals surface area contributed by atoms with E-state index in [1.54, 1.807) is 18.2 Å². The highest BCUT2D eigenvalue weighted by atomic mass is 35.5. The molecular formula is C15H14ClN3O2. The molecule has 2 rings (SSSR count). The summed E-state index contributed by atoms with van der Waals surface area (Å²) in [5.41, 5.74) is 1.33. The van der Waals surface area contributed by atoms with E-state index in [0.717, 1.165) is 12.8 Å². The topological polar surface area (TPSA) is 75.9 Å². The Labute approximate surface area is 127 Å². The Morgan fingerprint density at radius 1 is 1.38 bits per heavy atom. The van der Waals surface area contributed by atoms with Gasteiger partial charge < -0.3 is 4.74 Å². The number of carbonyl (C=O) groups excluding carboxylic acids is 1. The van der Waals surface area contributed by atoms with Crippen molar-refractivity contribution in [3.05, 3.63) is 35.1 Å². The Morgan fingerprint density at radius 2 is 2.05 bits per heavy atom. The van der Waals surface area contributed by atoms with Crippen LogP contribution in [0.1, 0.15) is 31.4 Å². The van der Waals surface area contributed by atoms with Gasteiger partial charge in [-0.2, -0.15) is 5.26 Å². The van der Waals surface area contributed by atoms with Gasteiger partial charge in [0.1, 0.15) is 5.69 Å². The van der Waals surface area contributed by atoms with Gasteiger partial charge in [-0.1, -0.05) is 37.1 Å². The molecule has 5 nitrogen and oxygen atoms in total. The van der Waals surface area contributed by atoms with E-state index in [0.29, 0.717) is 11.0 Å². The highest BCUT2D eigenvalue weighted by Crippen LogP contribution is 2.24. The monoisotopic (exact) mass is 303 g/mol. The molecule has 21 heavy (non-hydrogen) atoms. The fraction of sp³-hybridized carbons (Fsp3) is 0.333. The van der Waals surface area contributed by atoms with Crippen LogP contribution in [0.2, 0.25) is 5.15 Å². The summed E-state index contributed by atoms with van der Waals surface area (Å²) in [4.78, 5) is 20.4. The number of hydrogen-bond acceptors (Lipinski definition) is 5. The van der Waals surface area contributed by atoms with Crippen LogP contribution in [0.4, 0.5) is 0 Å². The zero-order valence-electron chi connectivity index (χ0n) is 11.5. The second-order valence-electron chi connectivity index (χ2n) is 4.47. The van der Waals surface area contributed by atoms with Crippen LogP contribution >= 0.6 is 11.6 Å². The van der Waals surface area contributed by atoms with Gasteiger partial charge in [0, 0.05) is 0 Å². The number of ether oxygens (including phenoxy) is 1. The largest absolute Gasteiger partial charge is 0.464 e. The number of unbranched alkanes of at least 4 members (excludes halogenated alkanes) is 1. The molecule has 0 bridgehead atoms. The number of benzene rings is 1. The van der Waals surface area contributed by atoms with E-state index in [1.807, 2.05) is 19.1 Å². The Balaban J connectivity index is 2.31. The molecule has 1 unspecified atom stereocenters. The van der Waals surface area contributed by atoms with E-state index in [2.05, 4.69) is 9.97 Å². The van der Waals surface area contributed by atoms with Crippen molar-refractivity contribution in [3.63, 3.8) is 0 Å². The standard InChI is InChI=1S/C15H14ClN3O2/c1-2-3-8-21-15(20)10(9-17)13-14(16)19-12-7-5-4-6-11(12)18-13/h4-7,10H,2-3,8H2,1H3. The number of nitriles is 1. The average molecular weight is 304 g/mol. The molecule has 0 aliphatic heterocycles. The molecule has 1 aromatic carbocycles. The summed E-state index contributed by atoms with van der Waals surface area (Å²) in [6, 6.07) is 9.02. The third kappa shape index (κ3) is 3.47. The number of para-hydroxylation sites is 2. The van der Waals surface area contributed by atoms with E-state index in [4.69, 9.17) is 16.3 Å². The summed E-state index contributed by atoms with van der Waals surface area (Å²) < 4.78 is 5.07. The lowest BCUT2D eigenvalue weighted by Crippen LogP contribution is -2.17. The van der Waals surface area contributed by atoms with Crippen LogP contribution in [0.25, 0.3) is 11.0 Å². The van der Waals surface area contributed by atoms with Crippen molar-refractivity contribution in [2.24, 2.45) is 0 Å². The molecule has 2 aromatic rings. The fourth-order valence-corrected chi connectivity index (χ4v) is 2.04. The zero-order chi connectivity index (χ0) is 15.2. The number of halogens is 1. The minimum Gasteiger partial charge on any atom is -0.464 e. The molecule has 1 heterocycles. The number of fused-ring (bicyclic) bond motifs is 1. The van der Waals surface area contributed by atoms with E-state index >= 15 is 0 Å². The molecule has 0 saturated heterocycles. The van der Waals surface area contributed by atoms with Crippen molar-refractivity contribution >= 4 is 28.6 Å². The first kappa shape index (κ1) is 15.2. The molecule has 108 valence electrons. The van der Waals surface area contributed by atoms with Gasteiger partial charge >= 0.3 is 5.97 Å². The second-order valence-corrected chi connectivity index (χ2v) is 4.83. The lowest BCUT2D eigenvalue weighted by molar-refractivity contribution is -0.144. The van der Waals surface area contributed by atoms with Gasteiger partial charge in [-0.3, -0.25) is 4.79 Å². The third-order valence-electron chi connectivity index (χ3n) is 2.93. The Kier molecular flexibility index (Phi) is 5.07. The Morgan fingerprint density at radius 3 is 2.67 bits per heavy atom. The number of nitrogens with zero attached hydrogens (tertiary/aromatic N) is 3. The summed E-state index contributed by atoms with van der Waals surface area (Å²) >= 11 is 6.05. The molecule has 1 aromatic heterocycles. The van der Waals surface area contributed by atoms with E-state index in [1.165, 1.54) is 0 Å². The summed E-state index contributed by atoms with van der Waals surface area (Å²) in [6.07, 6.45) is 1.65. The van der Waals surface area contributed by atoms with Crippen LogP contribution in [0, 0.1) is 11.3 Å². The summed E-state index contributed by atoms with van der Waals surface area (Å²) in [5, 5.41) is 9.27. The van der Waals surface area contributed by atoms with Gasteiger partial charge in [0.15, 0.2) is 11.1 Å². The molecule has 0 radical (unpaired) electrons. The van der Waals surface area contributed by atoms with Gasteiger partial charge in [-0.25, -0.2) is 9.97 Å². The van der Waals surface area contributed by atoms with Crippen molar-refractivity contribution in [2.75, 3.05) is 6.61 Å². The molecule has 6 heteroatoms. The molecule has 0 N–H and O–H groups in total. The summed E-state index contributed by atoms with van der Waals surface area (Å²) in [5.74, 6) is -1.80. The van der Waals surface area contributed by atoms with Crippen LogP contribution < -0.4 is 0 Å². The van der Waals surface area contributed by atoms with E-state index < -0.39 is 11.9 Å². The minimum atomic E-state index is -1.16. The molecule has 0 spiro atoms. The van der Waals surface area contributed by atoms with Crippen molar-refractivity contribution in [1.29, 1.82) is 5.26 Å². The maximum atomic E-state index is 12.0. The van der Waals surface area contributed by atoms with Crippen molar-refractivity contribution in [3.8, 4) is 6.07 Å². The number of hydrogen-bond donors (Lipinski definition) is 0. The molecule has 0 amide bonds. The fourth-order valence-electron chi connectivity index (χ4n) is 1.80. The highest BCUT2D eigenvalue weighted by molar-refractivity contribution is 6.30. The predicted molar refractivity (Wildman–Crippen MR) is 78.8 cm³/mol. The molecule has 1 atom stereocenters. The normalized spacial score (nSPS) is 11.9. The van der Waals surface area contributed by atoms with Gasteiger partial charge in [-0.15, -0.1) is 0 Å². The lowest BCUT2D eigenvalue weighted by Gasteiger charge is -2.10. The summed E-state index contributed by atoms with van der Waals surface area (Å²) in [6.45, 7) is 2.27. The van der Waals surface area contributed by atoms with Gasteiger partial charge in [0.05, 0.1) is 23.7 Å². The number of carbonyl (C=O) groups is 1. The first-order chi connectivity index (χ1) is 10.2. The number of rotatable bonds is 5. The predicted octanol–water partition coefficient (Wildman–Crippen LogP) is 3.23. The zero-order valence-corrected chi connectivity index (χ0v) is 12.3. The van der Waals surface area contributed by atoms with Gasteiger partial charge in [0.25, 0.3) is 0 Å². The van der Waals surface area contributed by atoms with Crippen LogP contribution in [0.3, 0.4) is 0 Å². The SMILES string of the molecule is CCCCOC(=O)C(C#N)c1nc2ccccc2nc1Cl. The first-order valence-corrected chi connectivity index (χ1v) is 7.03. The molecule has 0 fully saturated rings. The quantitative estimate of drug-likeness (QED) is 0.626. The van der Waals surface area contributed by atoms with Crippen LogP contribution in [0.5, 0.6) is 0 Å². The Bertz CT molecular complexity index is 697. The number of aromatic nitrogens is 2. The van der Waals surface area contributed by atoms with Crippen molar-refractivity contribution in [2.45, 2.75) is 25.7 Å². The summed E-state index contributed by atoms with van der Waals surface area (Å²) in [7, 11) is 0. The van der Waals surface area contributed by atoms with E-state index in [-0.39, 0.29) is 17.5 Å².